The lowest BCUT2D eigenvalue weighted by Gasteiger charge is -2.05. The SMILES string of the molecule is O=C(Nc1ccccc1)c1cc([N+](=O)[O-])c2[nH]c(-c3ccccc3)cc2c1. The predicted molar refractivity (Wildman–Crippen MR) is 105 cm³/mol. The van der Waals surface area contributed by atoms with Crippen LogP contribution in [-0.4, -0.2) is 15.8 Å². The van der Waals surface area contributed by atoms with Gasteiger partial charge in [0.05, 0.1) is 4.92 Å². The molecule has 0 bridgehead atoms. The maximum atomic E-state index is 12.6. The van der Waals surface area contributed by atoms with Crippen LogP contribution in [0.5, 0.6) is 0 Å². The molecule has 4 aromatic rings. The van der Waals surface area contributed by atoms with Gasteiger partial charge < -0.3 is 10.3 Å². The van der Waals surface area contributed by atoms with Crippen molar-refractivity contribution >= 4 is 28.2 Å². The average Bonchev–Trinajstić information content (AvgIpc) is 3.12. The summed E-state index contributed by atoms with van der Waals surface area (Å²) in [5, 5.41) is 14.9. The Morgan fingerprint density at radius 3 is 2.26 bits per heavy atom. The number of anilines is 1. The fraction of sp³-hybridized carbons (Fsp3) is 0. The van der Waals surface area contributed by atoms with Crippen molar-refractivity contribution in [3.8, 4) is 11.3 Å². The summed E-state index contributed by atoms with van der Waals surface area (Å²) in [7, 11) is 0. The second-order valence-electron chi connectivity index (χ2n) is 6.09. The minimum absolute atomic E-state index is 0.132. The number of nitro benzene ring substituents is 1. The van der Waals surface area contributed by atoms with Gasteiger partial charge in [0.1, 0.15) is 5.52 Å². The predicted octanol–water partition coefficient (Wildman–Crippen LogP) is 5.00. The van der Waals surface area contributed by atoms with Gasteiger partial charge in [0.2, 0.25) is 0 Å². The number of H-pyrrole nitrogens is 1. The van der Waals surface area contributed by atoms with E-state index in [0.717, 1.165) is 11.3 Å². The van der Waals surface area contributed by atoms with Crippen LogP contribution < -0.4 is 5.32 Å². The molecule has 0 aliphatic carbocycles. The van der Waals surface area contributed by atoms with Crippen LogP contribution in [0.1, 0.15) is 10.4 Å². The van der Waals surface area contributed by atoms with Crippen LogP contribution in [0, 0.1) is 10.1 Å². The average molecular weight is 357 g/mol. The Kier molecular flexibility index (Phi) is 4.14. The third kappa shape index (κ3) is 3.28. The number of nitrogens with zero attached hydrogens (tertiary/aromatic N) is 1. The molecule has 0 saturated carbocycles. The number of aromatic amines is 1. The molecule has 0 aliphatic heterocycles. The van der Waals surface area contributed by atoms with Crippen LogP contribution in [0.4, 0.5) is 11.4 Å². The number of fused-ring (bicyclic) bond motifs is 1. The van der Waals surface area contributed by atoms with E-state index in [9.17, 15) is 14.9 Å². The standard InChI is InChI=1S/C21H15N3O3/c25-21(22-17-9-5-2-6-10-17)16-11-15-12-18(14-7-3-1-4-8-14)23-20(15)19(13-16)24(26)27/h1-13,23H,(H,22,25). The van der Waals surface area contributed by atoms with Crippen LogP contribution in [0.25, 0.3) is 22.2 Å². The van der Waals surface area contributed by atoms with Gasteiger partial charge in [0.25, 0.3) is 11.6 Å². The number of carbonyl (C=O) groups excluding carboxylic acids is 1. The summed E-state index contributed by atoms with van der Waals surface area (Å²) in [6, 6.07) is 23.3. The summed E-state index contributed by atoms with van der Waals surface area (Å²) in [5.74, 6) is -0.395. The van der Waals surface area contributed by atoms with E-state index >= 15 is 0 Å². The molecule has 0 saturated heterocycles. The van der Waals surface area contributed by atoms with Crippen molar-refractivity contribution in [2.75, 3.05) is 5.32 Å². The maximum Gasteiger partial charge on any atom is 0.294 e. The minimum atomic E-state index is -0.479. The maximum absolute atomic E-state index is 12.6. The number of carbonyl (C=O) groups is 1. The summed E-state index contributed by atoms with van der Waals surface area (Å²) in [4.78, 5) is 26.7. The van der Waals surface area contributed by atoms with Crippen molar-refractivity contribution in [3.63, 3.8) is 0 Å². The molecule has 2 N–H and O–H groups in total. The summed E-state index contributed by atoms with van der Waals surface area (Å²) in [5.41, 5.74) is 2.80. The van der Waals surface area contributed by atoms with E-state index in [1.165, 1.54) is 6.07 Å². The number of hydrogen-bond donors (Lipinski definition) is 2. The Balaban J connectivity index is 1.78. The van der Waals surface area contributed by atoms with Gasteiger partial charge in [-0.25, -0.2) is 0 Å². The number of rotatable bonds is 4. The lowest BCUT2D eigenvalue weighted by atomic mass is 10.1. The van der Waals surface area contributed by atoms with Crippen LogP contribution >= 0.6 is 0 Å². The van der Waals surface area contributed by atoms with Gasteiger partial charge >= 0.3 is 0 Å². The lowest BCUT2D eigenvalue weighted by Crippen LogP contribution is -2.12. The summed E-state index contributed by atoms with van der Waals surface area (Å²) < 4.78 is 0. The molecular weight excluding hydrogens is 342 g/mol. The summed E-state index contributed by atoms with van der Waals surface area (Å²) >= 11 is 0. The highest BCUT2D eigenvalue weighted by atomic mass is 16.6. The molecule has 1 heterocycles. The largest absolute Gasteiger partial charge is 0.349 e. The molecule has 132 valence electrons. The fourth-order valence-electron chi connectivity index (χ4n) is 3.00. The molecule has 0 aliphatic rings. The Labute approximate surface area is 154 Å². The highest BCUT2D eigenvalue weighted by Crippen LogP contribution is 2.31. The van der Waals surface area contributed by atoms with Crippen LogP contribution in [-0.2, 0) is 0 Å². The number of hydrogen-bond acceptors (Lipinski definition) is 3. The van der Waals surface area contributed by atoms with E-state index in [1.54, 1.807) is 30.3 Å². The molecule has 6 nitrogen and oxygen atoms in total. The number of benzene rings is 3. The van der Waals surface area contributed by atoms with Gasteiger partial charge in [-0.1, -0.05) is 48.5 Å². The van der Waals surface area contributed by atoms with Crippen LogP contribution in [0.15, 0.2) is 78.9 Å². The number of non-ortho nitro benzene ring substituents is 1. The third-order valence-electron chi connectivity index (χ3n) is 4.28. The zero-order chi connectivity index (χ0) is 18.8. The third-order valence-corrected chi connectivity index (χ3v) is 4.28. The number of nitrogens with one attached hydrogen (secondary N) is 2. The highest BCUT2D eigenvalue weighted by Gasteiger charge is 2.20. The van der Waals surface area contributed by atoms with E-state index in [1.807, 2.05) is 42.5 Å². The Hall–Kier alpha value is -3.93. The van der Waals surface area contributed by atoms with Crippen molar-refractivity contribution in [2.24, 2.45) is 0 Å². The van der Waals surface area contributed by atoms with E-state index in [4.69, 9.17) is 0 Å². The van der Waals surface area contributed by atoms with Gasteiger partial charge in [-0.3, -0.25) is 14.9 Å². The van der Waals surface area contributed by atoms with E-state index in [2.05, 4.69) is 10.3 Å². The number of amides is 1. The zero-order valence-corrected chi connectivity index (χ0v) is 14.2. The van der Waals surface area contributed by atoms with Crippen molar-refractivity contribution in [1.29, 1.82) is 0 Å². The molecule has 6 heteroatoms. The van der Waals surface area contributed by atoms with Crippen molar-refractivity contribution in [3.05, 3.63) is 94.5 Å². The Morgan fingerprint density at radius 2 is 1.59 bits per heavy atom. The fourth-order valence-corrected chi connectivity index (χ4v) is 3.00. The molecule has 0 atom stereocenters. The smallest absolute Gasteiger partial charge is 0.294 e. The molecule has 4 rings (SSSR count). The lowest BCUT2D eigenvalue weighted by molar-refractivity contribution is -0.383. The zero-order valence-electron chi connectivity index (χ0n) is 14.2. The molecule has 27 heavy (non-hydrogen) atoms. The number of para-hydroxylation sites is 1. The van der Waals surface area contributed by atoms with Crippen molar-refractivity contribution < 1.29 is 9.72 Å². The van der Waals surface area contributed by atoms with Gasteiger partial charge in [-0.05, 0) is 29.8 Å². The van der Waals surface area contributed by atoms with E-state index < -0.39 is 10.8 Å². The first-order valence-corrected chi connectivity index (χ1v) is 8.35. The van der Waals surface area contributed by atoms with Crippen molar-refractivity contribution in [1.82, 2.24) is 4.98 Å². The molecule has 0 spiro atoms. The number of nitro groups is 1. The summed E-state index contributed by atoms with van der Waals surface area (Å²) in [6.07, 6.45) is 0. The monoisotopic (exact) mass is 357 g/mol. The second kappa shape index (κ2) is 6.76. The van der Waals surface area contributed by atoms with Gasteiger partial charge in [-0.2, -0.15) is 0 Å². The van der Waals surface area contributed by atoms with Crippen LogP contribution in [0.2, 0.25) is 0 Å². The topological polar surface area (TPSA) is 88.0 Å². The Morgan fingerprint density at radius 1 is 0.926 bits per heavy atom. The van der Waals surface area contributed by atoms with Gasteiger partial charge in [-0.15, -0.1) is 0 Å². The molecular formula is C21H15N3O3. The van der Waals surface area contributed by atoms with Crippen molar-refractivity contribution in [2.45, 2.75) is 0 Å². The molecule has 1 aromatic heterocycles. The molecule has 3 aromatic carbocycles. The number of aromatic nitrogens is 1. The first kappa shape index (κ1) is 16.5. The van der Waals surface area contributed by atoms with Gasteiger partial charge in [0.15, 0.2) is 0 Å². The molecule has 0 fully saturated rings. The Bertz CT molecular complexity index is 1140. The normalized spacial score (nSPS) is 10.7. The molecule has 1 amide bonds. The van der Waals surface area contributed by atoms with E-state index in [0.29, 0.717) is 16.6 Å². The first-order chi connectivity index (χ1) is 13.1. The van der Waals surface area contributed by atoms with Gasteiger partial charge in [0, 0.05) is 28.4 Å². The quantitative estimate of drug-likeness (QED) is 0.398. The first-order valence-electron chi connectivity index (χ1n) is 8.35. The molecule has 0 radical (unpaired) electrons. The molecule has 0 unspecified atom stereocenters. The van der Waals surface area contributed by atoms with Crippen LogP contribution in [0.3, 0.4) is 0 Å². The van der Waals surface area contributed by atoms with E-state index in [-0.39, 0.29) is 11.3 Å². The summed E-state index contributed by atoms with van der Waals surface area (Å²) in [6.45, 7) is 0. The minimum Gasteiger partial charge on any atom is -0.349 e. The highest BCUT2D eigenvalue weighted by molar-refractivity contribution is 6.08. The second-order valence-corrected chi connectivity index (χ2v) is 6.09.